The van der Waals surface area contributed by atoms with Crippen molar-refractivity contribution in [3.8, 4) is 5.75 Å². The number of carbonyl (C=O) groups excluding carboxylic acids is 1. The minimum atomic E-state index is -4.89. The van der Waals surface area contributed by atoms with Gasteiger partial charge < -0.3 is 20.3 Å². The minimum absolute atomic E-state index is 0.227. The van der Waals surface area contributed by atoms with Crippen LogP contribution in [0.2, 0.25) is 0 Å². The first-order valence-corrected chi connectivity index (χ1v) is 9.17. The first-order valence-electron chi connectivity index (χ1n) is 9.17. The summed E-state index contributed by atoms with van der Waals surface area (Å²) in [4.78, 5) is 23.0. The Balaban J connectivity index is 1.71. The zero-order chi connectivity index (χ0) is 22.6. The molecular formula is C21H20F3N5O2. The molecule has 0 bridgehead atoms. The number of alkyl halides is 3. The molecule has 0 atom stereocenters. The third-order valence-electron chi connectivity index (χ3n) is 4.06. The van der Waals surface area contributed by atoms with E-state index in [9.17, 15) is 18.0 Å². The van der Waals surface area contributed by atoms with Gasteiger partial charge in [-0.2, -0.15) is 0 Å². The number of hydrogen-bond donors (Lipinski definition) is 2. The number of anilines is 4. The van der Waals surface area contributed by atoms with Crippen molar-refractivity contribution in [2.45, 2.75) is 13.3 Å². The Morgan fingerprint density at radius 1 is 1.00 bits per heavy atom. The Kier molecular flexibility index (Phi) is 6.28. The van der Waals surface area contributed by atoms with Crippen LogP contribution in [0.3, 0.4) is 0 Å². The molecular weight excluding hydrogens is 411 g/mol. The van der Waals surface area contributed by atoms with Gasteiger partial charge in [-0.3, -0.25) is 4.79 Å². The Morgan fingerprint density at radius 2 is 1.65 bits per heavy atom. The molecule has 1 amide bonds. The molecule has 7 nitrogen and oxygen atoms in total. The fourth-order valence-corrected chi connectivity index (χ4v) is 2.70. The van der Waals surface area contributed by atoms with E-state index in [4.69, 9.17) is 0 Å². The van der Waals surface area contributed by atoms with Gasteiger partial charge >= 0.3 is 6.36 Å². The summed E-state index contributed by atoms with van der Waals surface area (Å²) in [5.74, 6) is 0.673. The molecule has 0 aliphatic carbocycles. The Labute approximate surface area is 176 Å². The van der Waals surface area contributed by atoms with Crippen LogP contribution >= 0.6 is 0 Å². The lowest BCUT2D eigenvalue weighted by Crippen LogP contribution is -2.20. The lowest BCUT2D eigenvalue weighted by Gasteiger charge is -2.14. The predicted molar refractivity (Wildman–Crippen MR) is 112 cm³/mol. The Hall–Kier alpha value is -3.82. The van der Waals surface area contributed by atoms with Crippen LogP contribution in [0.4, 0.5) is 36.2 Å². The molecule has 2 aromatic carbocycles. The summed E-state index contributed by atoms with van der Waals surface area (Å²) in [5.41, 5.74) is 0.890. The van der Waals surface area contributed by atoms with Crippen molar-refractivity contribution in [1.29, 1.82) is 0 Å². The van der Waals surface area contributed by atoms with Crippen LogP contribution in [0.25, 0.3) is 0 Å². The van der Waals surface area contributed by atoms with Gasteiger partial charge in [0.1, 0.15) is 23.2 Å². The molecule has 3 rings (SSSR count). The highest BCUT2D eigenvalue weighted by Crippen LogP contribution is 2.27. The van der Waals surface area contributed by atoms with E-state index in [1.165, 1.54) is 18.2 Å². The van der Waals surface area contributed by atoms with E-state index in [1.54, 1.807) is 37.3 Å². The number of rotatable bonds is 6. The molecule has 3 aromatic rings. The quantitative estimate of drug-likeness (QED) is 0.587. The van der Waals surface area contributed by atoms with Crippen molar-refractivity contribution >= 4 is 28.9 Å². The predicted octanol–water partition coefficient (Wildman–Crippen LogP) is 4.75. The molecule has 0 aliphatic rings. The third-order valence-corrected chi connectivity index (χ3v) is 4.06. The van der Waals surface area contributed by atoms with Gasteiger partial charge in [-0.05, 0) is 43.3 Å². The zero-order valence-corrected chi connectivity index (χ0v) is 17.0. The van der Waals surface area contributed by atoms with Gasteiger partial charge in [-0.1, -0.05) is 12.1 Å². The maximum absolute atomic E-state index is 12.6. The number of para-hydroxylation sites is 1. The van der Waals surface area contributed by atoms with E-state index < -0.39 is 18.0 Å². The van der Waals surface area contributed by atoms with E-state index in [0.29, 0.717) is 23.0 Å². The van der Waals surface area contributed by atoms with Crippen molar-refractivity contribution in [1.82, 2.24) is 9.97 Å². The van der Waals surface area contributed by atoms with Gasteiger partial charge in [0, 0.05) is 31.5 Å². The molecule has 0 fully saturated rings. The van der Waals surface area contributed by atoms with Crippen LogP contribution < -0.4 is 20.3 Å². The SMILES string of the molecule is Cc1nc(Nc2ccc(NC(=O)c3ccccc3OC(F)(F)F)cc2)cc(N(C)C)n1. The highest BCUT2D eigenvalue weighted by molar-refractivity contribution is 6.06. The maximum atomic E-state index is 12.6. The van der Waals surface area contributed by atoms with Gasteiger partial charge in [0.05, 0.1) is 5.56 Å². The van der Waals surface area contributed by atoms with E-state index >= 15 is 0 Å². The number of aromatic nitrogens is 2. The summed E-state index contributed by atoms with van der Waals surface area (Å²) in [6.45, 7) is 1.79. The lowest BCUT2D eigenvalue weighted by molar-refractivity contribution is -0.274. The second-order valence-electron chi connectivity index (χ2n) is 6.75. The average Bonchev–Trinajstić information content (AvgIpc) is 2.68. The minimum Gasteiger partial charge on any atom is -0.405 e. The molecule has 0 aliphatic heterocycles. The van der Waals surface area contributed by atoms with E-state index in [-0.39, 0.29) is 5.56 Å². The van der Waals surface area contributed by atoms with Crippen LogP contribution in [-0.4, -0.2) is 36.3 Å². The van der Waals surface area contributed by atoms with Crippen molar-refractivity contribution in [3.05, 3.63) is 66.0 Å². The zero-order valence-electron chi connectivity index (χ0n) is 17.0. The Bertz CT molecular complexity index is 1070. The molecule has 0 radical (unpaired) electrons. The summed E-state index contributed by atoms with van der Waals surface area (Å²) < 4.78 is 41.6. The lowest BCUT2D eigenvalue weighted by atomic mass is 10.2. The van der Waals surface area contributed by atoms with Crippen LogP contribution in [0.5, 0.6) is 5.75 Å². The number of ether oxygens (including phenoxy) is 1. The highest BCUT2D eigenvalue weighted by atomic mass is 19.4. The summed E-state index contributed by atoms with van der Waals surface area (Å²) in [7, 11) is 3.75. The average molecular weight is 431 g/mol. The largest absolute Gasteiger partial charge is 0.573 e. The second kappa shape index (κ2) is 8.90. The van der Waals surface area contributed by atoms with Gasteiger partial charge in [0.15, 0.2) is 0 Å². The monoisotopic (exact) mass is 431 g/mol. The van der Waals surface area contributed by atoms with Crippen LogP contribution in [0.15, 0.2) is 54.6 Å². The molecule has 0 spiro atoms. The number of nitrogens with zero attached hydrogens (tertiary/aromatic N) is 3. The summed E-state index contributed by atoms with van der Waals surface area (Å²) >= 11 is 0. The first kappa shape index (κ1) is 21.9. The fourth-order valence-electron chi connectivity index (χ4n) is 2.70. The van der Waals surface area contributed by atoms with E-state index in [0.717, 1.165) is 11.9 Å². The molecule has 1 aromatic heterocycles. The number of hydrogen-bond acceptors (Lipinski definition) is 6. The van der Waals surface area contributed by atoms with E-state index in [2.05, 4.69) is 25.3 Å². The third kappa shape index (κ3) is 6.08. The summed E-state index contributed by atoms with van der Waals surface area (Å²) in [5, 5.41) is 5.71. The van der Waals surface area contributed by atoms with E-state index in [1.807, 2.05) is 19.0 Å². The molecule has 162 valence electrons. The Morgan fingerprint density at radius 3 is 2.29 bits per heavy atom. The summed E-state index contributed by atoms with van der Waals surface area (Å²) in [6.07, 6.45) is -4.89. The first-order chi connectivity index (χ1) is 14.6. The summed E-state index contributed by atoms with van der Waals surface area (Å²) in [6, 6.07) is 13.6. The molecule has 0 saturated heterocycles. The van der Waals surface area contributed by atoms with Gasteiger partial charge in [0.2, 0.25) is 0 Å². The van der Waals surface area contributed by atoms with Gasteiger partial charge in [-0.15, -0.1) is 13.2 Å². The van der Waals surface area contributed by atoms with Crippen molar-refractivity contribution in [3.63, 3.8) is 0 Å². The topological polar surface area (TPSA) is 79.4 Å². The molecule has 31 heavy (non-hydrogen) atoms. The normalized spacial score (nSPS) is 11.0. The standard InChI is InChI=1S/C21H20F3N5O2/c1-13-25-18(12-19(26-13)29(2)3)27-14-8-10-15(11-9-14)28-20(30)16-6-4-5-7-17(16)31-21(22,23)24/h4-12H,1-3H3,(H,28,30)(H,25,26,27). The number of nitrogens with one attached hydrogen (secondary N) is 2. The fraction of sp³-hybridized carbons (Fsp3) is 0.190. The molecule has 0 unspecified atom stereocenters. The highest BCUT2D eigenvalue weighted by Gasteiger charge is 2.32. The smallest absolute Gasteiger partial charge is 0.405 e. The number of halogens is 3. The van der Waals surface area contributed by atoms with Crippen LogP contribution in [0.1, 0.15) is 16.2 Å². The second-order valence-corrected chi connectivity index (χ2v) is 6.75. The molecule has 1 heterocycles. The molecule has 10 heteroatoms. The maximum Gasteiger partial charge on any atom is 0.573 e. The van der Waals surface area contributed by atoms with Crippen molar-refractivity contribution < 1.29 is 22.7 Å². The van der Waals surface area contributed by atoms with Crippen LogP contribution in [-0.2, 0) is 0 Å². The molecule has 2 N–H and O–H groups in total. The van der Waals surface area contributed by atoms with Gasteiger partial charge in [-0.25, -0.2) is 9.97 Å². The van der Waals surface area contributed by atoms with Crippen LogP contribution in [0, 0.1) is 6.92 Å². The number of aryl methyl sites for hydroxylation is 1. The number of benzene rings is 2. The van der Waals surface area contributed by atoms with Gasteiger partial charge in [0.25, 0.3) is 5.91 Å². The van der Waals surface area contributed by atoms with Crippen molar-refractivity contribution in [2.24, 2.45) is 0 Å². The number of carbonyl (C=O) groups is 1. The number of amides is 1. The molecule has 0 saturated carbocycles. The van der Waals surface area contributed by atoms with Crippen molar-refractivity contribution in [2.75, 3.05) is 29.6 Å².